The summed E-state index contributed by atoms with van der Waals surface area (Å²) in [5.74, 6) is 1.05. The lowest BCUT2D eigenvalue weighted by molar-refractivity contribution is 0.200. The van der Waals surface area contributed by atoms with Crippen LogP contribution in [-0.4, -0.2) is 19.5 Å². The van der Waals surface area contributed by atoms with Crippen LogP contribution in [0.25, 0.3) is 0 Å². The lowest BCUT2D eigenvalue weighted by Crippen LogP contribution is -1.99. The summed E-state index contributed by atoms with van der Waals surface area (Å²) >= 11 is 13.9. The van der Waals surface area contributed by atoms with Crippen molar-refractivity contribution in [2.75, 3.05) is 19.5 Å². The molecular weight excluding hydrogens is 323 g/mol. The molecule has 2 rings (SSSR count). The number of ether oxygens (including phenoxy) is 1. The largest absolute Gasteiger partial charge is 0.385 e. The van der Waals surface area contributed by atoms with Crippen LogP contribution in [0.5, 0.6) is 0 Å². The molecule has 0 radical (unpaired) electrons. The number of hydrogen-bond acceptors (Lipinski definition) is 2. The monoisotopic (exact) mass is 340 g/mol. The second-order valence-electron chi connectivity index (χ2n) is 4.70. The van der Waals surface area contributed by atoms with Crippen molar-refractivity contribution in [3.05, 3.63) is 69.7 Å². The maximum Gasteiger partial charge on any atom is 0.0546 e. The average Bonchev–Trinajstić information content (AvgIpc) is 2.50. The first kappa shape index (κ1) is 16.7. The summed E-state index contributed by atoms with van der Waals surface area (Å²) < 4.78 is 5.12. The molecule has 0 saturated heterocycles. The lowest BCUT2D eigenvalue weighted by atomic mass is 10.0. The van der Waals surface area contributed by atoms with Crippen LogP contribution in [0.2, 0.25) is 10.0 Å². The molecule has 0 N–H and O–H groups in total. The highest BCUT2D eigenvalue weighted by Gasteiger charge is 2.14. The number of halogens is 2. The van der Waals surface area contributed by atoms with Crippen LogP contribution in [-0.2, 0) is 4.74 Å². The van der Waals surface area contributed by atoms with Gasteiger partial charge in [0.1, 0.15) is 0 Å². The van der Waals surface area contributed by atoms with Gasteiger partial charge >= 0.3 is 0 Å². The van der Waals surface area contributed by atoms with E-state index in [9.17, 15) is 0 Å². The standard InChI is InChI=1S/C17H18Cl2OS/c1-20-11-2-12-21-17(13-3-7-15(18)8-4-13)14-5-9-16(19)10-6-14/h3-10,17H,2,11-12H2,1H3. The third kappa shape index (κ3) is 5.23. The third-order valence-electron chi connectivity index (χ3n) is 3.12. The molecule has 0 aliphatic rings. The van der Waals surface area contributed by atoms with E-state index in [1.807, 2.05) is 36.0 Å². The summed E-state index contributed by atoms with van der Waals surface area (Å²) in [4.78, 5) is 0. The quantitative estimate of drug-likeness (QED) is 0.584. The minimum atomic E-state index is 0.288. The van der Waals surface area contributed by atoms with Gasteiger partial charge in [0.15, 0.2) is 0 Å². The highest BCUT2D eigenvalue weighted by Crippen LogP contribution is 2.36. The topological polar surface area (TPSA) is 9.23 Å². The van der Waals surface area contributed by atoms with E-state index in [1.165, 1.54) is 11.1 Å². The fraction of sp³-hybridized carbons (Fsp3) is 0.294. The number of benzene rings is 2. The molecule has 0 saturated carbocycles. The van der Waals surface area contributed by atoms with Crippen LogP contribution in [0.1, 0.15) is 22.8 Å². The Morgan fingerprint density at radius 2 is 1.38 bits per heavy atom. The molecule has 112 valence electrons. The Morgan fingerprint density at radius 1 is 0.905 bits per heavy atom. The van der Waals surface area contributed by atoms with Gasteiger partial charge in [0.05, 0.1) is 5.25 Å². The normalized spacial score (nSPS) is 11.0. The van der Waals surface area contributed by atoms with E-state index in [1.54, 1.807) is 7.11 Å². The van der Waals surface area contributed by atoms with Crippen LogP contribution in [0.15, 0.2) is 48.5 Å². The maximum atomic E-state index is 5.99. The minimum absolute atomic E-state index is 0.288. The van der Waals surface area contributed by atoms with Crippen LogP contribution >= 0.6 is 35.0 Å². The highest BCUT2D eigenvalue weighted by atomic mass is 35.5. The van der Waals surface area contributed by atoms with Gasteiger partial charge in [-0.25, -0.2) is 0 Å². The summed E-state index contributed by atoms with van der Waals surface area (Å²) in [6.45, 7) is 0.793. The number of rotatable bonds is 7. The van der Waals surface area contributed by atoms with Gasteiger partial charge in [-0.3, -0.25) is 0 Å². The first-order valence-corrected chi connectivity index (χ1v) is 8.62. The Bertz CT molecular complexity index is 494. The molecule has 0 spiro atoms. The van der Waals surface area contributed by atoms with E-state index < -0.39 is 0 Å². The summed E-state index contributed by atoms with van der Waals surface area (Å²) in [6.07, 6.45) is 1.04. The summed E-state index contributed by atoms with van der Waals surface area (Å²) in [6, 6.07) is 16.1. The van der Waals surface area contributed by atoms with Gasteiger partial charge < -0.3 is 4.74 Å². The van der Waals surface area contributed by atoms with Gasteiger partial charge in [-0.1, -0.05) is 47.5 Å². The van der Waals surface area contributed by atoms with E-state index in [-0.39, 0.29) is 5.25 Å². The van der Waals surface area contributed by atoms with Crippen molar-refractivity contribution in [1.29, 1.82) is 0 Å². The van der Waals surface area contributed by atoms with E-state index in [4.69, 9.17) is 27.9 Å². The van der Waals surface area contributed by atoms with Crippen LogP contribution in [0, 0.1) is 0 Å². The second kappa shape index (κ2) is 8.70. The highest BCUT2D eigenvalue weighted by molar-refractivity contribution is 7.99. The van der Waals surface area contributed by atoms with Crippen LogP contribution in [0.4, 0.5) is 0 Å². The molecule has 0 aromatic heterocycles. The predicted molar refractivity (Wildman–Crippen MR) is 93.7 cm³/mol. The molecule has 0 aliphatic carbocycles. The molecule has 2 aromatic carbocycles. The van der Waals surface area contributed by atoms with E-state index in [0.717, 1.165) is 28.8 Å². The Balaban J connectivity index is 2.17. The van der Waals surface area contributed by atoms with Gasteiger partial charge in [-0.2, -0.15) is 0 Å². The van der Waals surface area contributed by atoms with Crippen molar-refractivity contribution in [2.24, 2.45) is 0 Å². The van der Waals surface area contributed by atoms with Crippen molar-refractivity contribution in [1.82, 2.24) is 0 Å². The molecule has 4 heteroatoms. The molecule has 0 aliphatic heterocycles. The molecule has 0 atom stereocenters. The number of methoxy groups -OCH3 is 1. The minimum Gasteiger partial charge on any atom is -0.385 e. The van der Waals surface area contributed by atoms with Crippen molar-refractivity contribution < 1.29 is 4.74 Å². The zero-order valence-electron chi connectivity index (χ0n) is 11.9. The Labute approximate surface area is 140 Å². The van der Waals surface area contributed by atoms with Crippen molar-refractivity contribution in [3.8, 4) is 0 Å². The predicted octanol–water partition coefficient (Wildman–Crippen LogP) is 5.85. The van der Waals surface area contributed by atoms with E-state index in [2.05, 4.69) is 24.3 Å². The van der Waals surface area contributed by atoms with Gasteiger partial charge in [0.2, 0.25) is 0 Å². The van der Waals surface area contributed by atoms with E-state index in [0.29, 0.717) is 0 Å². The molecular formula is C17H18Cl2OS. The number of thioether (sulfide) groups is 1. The van der Waals surface area contributed by atoms with Gasteiger partial charge in [-0.05, 0) is 47.6 Å². The molecule has 2 aromatic rings. The molecule has 0 unspecified atom stereocenters. The Morgan fingerprint density at radius 3 is 1.81 bits per heavy atom. The first-order chi connectivity index (χ1) is 10.2. The van der Waals surface area contributed by atoms with Gasteiger partial charge in [0, 0.05) is 23.8 Å². The molecule has 0 bridgehead atoms. The zero-order chi connectivity index (χ0) is 15.1. The molecule has 21 heavy (non-hydrogen) atoms. The first-order valence-electron chi connectivity index (χ1n) is 6.82. The Kier molecular flexibility index (Phi) is 6.91. The second-order valence-corrected chi connectivity index (χ2v) is 6.79. The van der Waals surface area contributed by atoms with Gasteiger partial charge in [0.25, 0.3) is 0 Å². The van der Waals surface area contributed by atoms with Gasteiger partial charge in [-0.15, -0.1) is 11.8 Å². The summed E-state index contributed by atoms with van der Waals surface area (Å²) in [5.41, 5.74) is 2.51. The summed E-state index contributed by atoms with van der Waals surface area (Å²) in [5, 5.41) is 1.81. The summed E-state index contributed by atoms with van der Waals surface area (Å²) in [7, 11) is 1.74. The van der Waals surface area contributed by atoms with Crippen molar-refractivity contribution in [3.63, 3.8) is 0 Å². The van der Waals surface area contributed by atoms with Crippen molar-refractivity contribution in [2.45, 2.75) is 11.7 Å². The Hall–Kier alpha value is -0.670. The SMILES string of the molecule is COCCCSC(c1ccc(Cl)cc1)c1ccc(Cl)cc1. The number of hydrogen-bond donors (Lipinski definition) is 0. The smallest absolute Gasteiger partial charge is 0.0546 e. The van der Waals surface area contributed by atoms with Crippen LogP contribution < -0.4 is 0 Å². The van der Waals surface area contributed by atoms with Crippen molar-refractivity contribution >= 4 is 35.0 Å². The third-order valence-corrected chi connectivity index (χ3v) is 5.03. The lowest BCUT2D eigenvalue weighted by Gasteiger charge is -2.18. The molecule has 1 nitrogen and oxygen atoms in total. The van der Waals surface area contributed by atoms with Crippen LogP contribution in [0.3, 0.4) is 0 Å². The fourth-order valence-corrected chi connectivity index (χ4v) is 3.54. The molecule has 0 heterocycles. The molecule has 0 fully saturated rings. The maximum absolute atomic E-state index is 5.99. The molecule has 0 amide bonds. The fourth-order valence-electron chi connectivity index (χ4n) is 2.06. The van der Waals surface area contributed by atoms with E-state index >= 15 is 0 Å². The average molecular weight is 341 g/mol. The zero-order valence-corrected chi connectivity index (χ0v) is 14.2.